The third kappa shape index (κ3) is 3.46. The second-order valence-corrected chi connectivity index (χ2v) is 5.64. The number of carbonyl (C=O) groups excluding carboxylic acids is 1. The SMILES string of the molecule is C[C@@H](NC(=O)c1ccccc1)c1onc(-c2ccc(F)cc2)c1C(=O)O. The Kier molecular flexibility index (Phi) is 4.79. The number of hydrogen-bond donors (Lipinski definition) is 2. The average molecular weight is 354 g/mol. The van der Waals surface area contributed by atoms with Gasteiger partial charge in [0, 0.05) is 11.1 Å². The van der Waals surface area contributed by atoms with Gasteiger partial charge >= 0.3 is 5.97 Å². The Labute approximate surface area is 148 Å². The lowest BCUT2D eigenvalue weighted by molar-refractivity contribution is 0.0692. The third-order valence-electron chi connectivity index (χ3n) is 3.83. The first-order chi connectivity index (χ1) is 12.5. The van der Waals surface area contributed by atoms with E-state index in [1.165, 1.54) is 24.3 Å². The lowest BCUT2D eigenvalue weighted by Crippen LogP contribution is -2.27. The molecule has 132 valence electrons. The highest BCUT2D eigenvalue weighted by Crippen LogP contribution is 2.29. The summed E-state index contributed by atoms with van der Waals surface area (Å²) in [5, 5.41) is 16.1. The summed E-state index contributed by atoms with van der Waals surface area (Å²) in [6.45, 7) is 1.60. The van der Waals surface area contributed by atoms with Gasteiger partial charge in [0.15, 0.2) is 5.76 Å². The van der Waals surface area contributed by atoms with Gasteiger partial charge in [-0.1, -0.05) is 23.4 Å². The number of nitrogens with one attached hydrogen (secondary N) is 1. The molecule has 26 heavy (non-hydrogen) atoms. The maximum atomic E-state index is 13.1. The first-order valence-corrected chi connectivity index (χ1v) is 7.82. The topological polar surface area (TPSA) is 92.4 Å². The molecule has 0 aliphatic rings. The molecule has 0 saturated carbocycles. The van der Waals surface area contributed by atoms with Crippen LogP contribution in [0.2, 0.25) is 0 Å². The molecule has 1 heterocycles. The highest BCUT2D eigenvalue weighted by molar-refractivity contribution is 5.97. The number of hydrogen-bond acceptors (Lipinski definition) is 4. The van der Waals surface area contributed by atoms with Crippen LogP contribution in [0.25, 0.3) is 11.3 Å². The van der Waals surface area contributed by atoms with E-state index in [1.807, 2.05) is 0 Å². The summed E-state index contributed by atoms with van der Waals surface area (Å²) in [6.07, 6.45) is 0. The van der Waals surface area contributed by atoms with Crippen molar-refractivity contribution in [2.45, 2.75) is 13.0 Å². The Hall–Kier alpha value is -3.48. The molecule has 1 amide bonds. The minimum Gasteiger partial charge on any atom is -0.477 e. The van der Waals surface area contributed by atoms with Crippen molar-refractivity contribution in [1.29, 1.82) is 0 Å². The zero-order valence-electron chi connectivity index (χ0n) is 13.8. The second-order valence-electron chi connectivity index (χ2n) is 5.64. The average Bonchev–Trinajstić information content (AvgIpc) is 3.08. The molecule has 0 radical (unpaired) electrons. The fourth-order valence-corrected chi connectivity index (χ4v) is 2.54. The molecule has 0 saturated heterocycles. The molecule has 1 atom stereocenters. The molecule has 2 N–H and O–H groups in total. The van der Waals surface area contributed by atoms with Gasteiger partial charge in [-0.2, -0.15) is 0 Å². The fourth-order valence-electron chi connectivity index (χ4n) is 2.54. The van der Waals surface area contributed by atoms with E-state index >= 15 is 0 Å². The smallest absolute Gasteiger partial charge is 0.341 e. The zero-order valence-corrected chi connectivity index (χ0v) is 13.8. The molecule has 3 aromatic rings. The summed E-state index contributed by atoms with van der Waals surface area (Å²) in [6, 6.07) is 13.0. The predicted octanol–water partition coefficient (Wildman–Crippen LogP) is 3.67. The number of benzene rings is 2. The number of nitrogens with zero attached hydrogens (tertiary/aromatic N) is 1. The minimum absolute atomic E-state index is 0.0149. The van der Waals surface area contributed by atoms with Crippen molar-refractivity contribution in [3.63, 3.8) is 0 Å². The lowest BCUT2D eigenvalue weighted by Gasteiger charge is -2.12. The summed E-state index contributed by atoms with van der Waals surface area (Å²) in [5.74, 6) is -2.05. The number of aromatic nitrogens is 1. The van der Waals surface area contributed by atoms with Gasteiger partial charge in [-0.15, -0.1) is 0 Å². The van der Waals surface area contributed by atoms with Crippen molar-refractivity contribution in [3.05, 3.63) is 77.3 Å². The molecule has 2 aromatic carbocycles. The van der Waals surface area contributed by atoms with Crippen LogP contribution in [-0.4, -0.2) is 22.1 Å². The summed E-state index contributed by atoms with van der Waals surface area (Å²) in [5.41, 5.74) is 0.751. The van der Waals surface area contributed by atoms with E-state index in [0.29, 0.717) is 11.1 Å². The van der Waals surface area contributed by atoms with E-state index in [4.69, 9.17) is 4.52 Å². The molecule has 6 nitrogen and oxygen atoms in total. The molecule has 0 aliphatic carbocycles. The van der Waals surface area contributed by atoms with E-state index in [9.17, 15) is 19.1 Å². The van der Waals surface area contributed by atoms with Crippen LogP contribution >= 0.6 is 0 Å². The van der Waals surface area contributed by atoms with E-state index in [-0.39, 0.29) is 22.9 Å². The van der Waals surface area contributed by atoms with Gasteiger partial charge in [-0.05, 0) is 43.3 Å². The van der Waals surface area contributed by atoms with Crippen LogP contribution in [0, 0.1) is 5.82 Å². The highest BCUT2D eigenvalue weighted by Gasteiger charge is 2.28. The lowest BCUT2D eigenvalue weighted by atomic mass is 10.0. The standard InChI is InChI=1S/C19H15FN2O4/c1-11(21-18(23)13-5-3-2-4-6-13)17-15(19(24)25)16(22-26-17)12-7-9-14(20)10-8-12/h2-11H,1H3,(H,21,23)(H,24,25)/t11-/m1/s1. The molecule has 3 rings (SSSR count). The zero-order chi connectivity index (χ0) is 18.7. The van der Waals surface area contributed by atoms with E-state index in [2.05, 4.69) is 10.5 Å². The van der Waals surface area contributed by atoms with Crippen molar-refractivity contribution >= 4 is 11.9 Å². The van der Waals surface area contributed by atoms with Crippen LogP contribution in [0.5, 0.6) is 0 Å². The Bertz CT molecular complexity index is 936. The first kappa shape index (κ1) is 17.3. The molecule has 0 spiro atoms. The van der Waals surface area contributed by atoms with Gasteiger partial charge in [-0.25, -0.2) is 9.18 Å². The second kappa shape index (κ2) is 7.18. The Balaban J connectivity index is 1.91. The Morgan fingerprint density at radius 1 is 1.12 bits per heavy atom. The molecular weight excluding hydrogens is 339 g/mol. The molecule has 0 fully saturated rings. The van der Waals surface area contributed by atoms with Gasteiger partial charge in [0.2, 0.25) is 0 Å². The quantitative estimate of drug-likeness (QED) is 0.729. The normalized spacial score (nSPS) is 11.8. The number of amides is 1. The summed E-state index contributed by atoms with van der Waals surface area (Å²) < 4.78 is 18.3. The van der Waals surface area contributed by atoms with Crippen LogP contribution in [0.3, 0.4) is 0 Å². The number of carbonyl (C=O) groups is 2. The number of rotatable bonds is 5. The fraction of sp³-hybridized carbons (Fsp3) is 0.105. The number of aromatic carboxylic acids is 1. The van der Waals surface area contributed by atoms with Gasteiger partial charge in [0.25, 0.3) is 5.91 Å². The summed E-state index contributed by atoms with van der Waals surface area (Å²) >= 11 is 0. The van der Waals surface area contributed by atoms with Crippen LogP contribution in [-0.2, 0) is 0 Å². The van der Waals surface area contributed by atoms with E-state index in [0.717, 1.165) is 0 Å². The molecule has 1 aromatic heterocycles. The maximum absolute atomic E-state index is 13.1. The molecule has 0 aliphatic heterocycles. The largest absolute Gasteiger partial charge is 0.477 e. The predicted molar refractivity (Wildman–Crippen MR) is 91.2 cm³/mol. The third-order valence-corrected chi connectivity index (χ3v) is 3.83. The van der Waals surface area contributed by atoms with Gasteiger partial charge < -0.3 is 14.9 Å². The Morgan fingerprint density at radius 2 is 1.77 bits per heavy atom. The maximum Gasteiger partial charge on any atom is 0.341 e. The Morgan fingerprint density at radius 3 is 2.38 bits per heavy atom. The first-order valence-electron chi connectivity index (χ1n) is 7.82. The van der Waals surface area contributed by atoms with E-state index in [1.54, 1.807) is 37.3 Å². The van der Waals surface area contributed by atoms with Gasteiger partial charge in [0.1, 0.15) is 17.1 Å². The van der Waals surface area contributed by atoms with Crippen LogP contribution < -0.4 is 5.32 Å². The molecule has 0 unspecified atom stereocenters. The number of carboxylic acid groups (broad SMARTS) is 1. The highest BCUT2D eigenvalue weighted by atomic mass is 19.1. The van der Waals surface area contributed by atoms with Crippen molar-refractivity contribution in [2.75, 3.05) is 0 Å². The number of carboxylic acids is 1. The summed E-state index contributed by atoms with van der Waals surface area (Å²) in [7, 11) is 0. The molecular formula is C19H15FN2O4. The molecule has 7 heteroatoms. The molecule has 0 bridgehead atoms. The van der Waals surface area contributed by atoms with Crippen molar-refractivity contribution in [1.82, 2.24) is 10.5 Å². The van der Waals surface area contributed by atoms with Crippen LogP contribution in [0.4, 0.5) is 4.39 Å². The van der Waals surface area contributed by atoms with Gasteiger partial charge in [0.05, 0.1) is 6.04 Å². The summed E-state index contributed by atoms with van der Waals surface area (Å²) in [4.78, 5) is 24.0. The number of halogens is 1. The van der Waals surface area contributed by atoms with Crippen LogP contribution in [0.15, 0.2) is 59.1 Å². The van der Waals surface area contributed by atoms with Gasteiger partial charge in [-0.3, -0.25) is 4.79 Å². The van der Waals surface area contributed by atoms with E-state index < -0.39 is 17.8 Å². The monoisotopic (exact) mass is 354 g/mol. The van der Waals surface area contributed by atoms with Crippen molar-refractivity contribution in [3.8, 4) is 11.3 Å². The minimum atomic E-state index is -1.25. The van der Waals surface area contributed by atoms with Crippen molar-refractivity contribution < 1.29 is 23.6 Å². The van der Waals surface area contributed by atoms with Crippen LogP contribution in [0.1, 0.15) is 39.4 Å². The van der Waals surface area contributed by atoms with Crippen molar-refractivity contribution in [2.24, 2.45) is 0 Å².